The van der Waals surface area contributed by atoms with Crippen LogP contribution >= 0.6 is 0 Å². The molecule has 1 N–H and O–H groups in total. The lowest BCUT2D eigenvalue weighted by Gasteiger charge is -2.14. The van der Waals surface area contributed by atoms with Crippen LogP contribution < -0.4 is 4.74 Å². The van der Waals surface area contributed by atoms with E-state index < -0.39 is 36.0 Å². The lowest BCUT2D eigenvalue weighted by atomic mass is 10.1. The summed E-state index contributed by atoms with van der Waals surface area (Å²) in [4.78, 5) is 0. The number of ether oxygens (including phenoxy) is 1. The van der Waals surface area contributed by atoms with Crippen LogP contribution in [0, 0.1) is 23.3 Å². The summed E-state index contributed by atoms with van der Waals surface area (Å²) in [5, 5.41) is 9.72. The Morgan fingerprint density at radius 2 is 1.50 bits per heavy atom. The first-order valence-electron chi connectivity index (χ1n) is 5.68. The second-order valence-electron chi connectivity index (χ2n) is 4.07. The molecule has 0 bridgehead atoms. The molecule has 0 aliphatic carbocycles. The number of aliphatic hydroxyl groups excluding tert-OH is 1. The van der Waals surface area contributed by atoms with E-state index in [0.717, 1.165) is 24.3 Å². The minimum Gasteiger partial charge on any atom is -0.487 e. The molecule has 2 nitrogen and oxygen atoms in total. The molecule has 20 heavy (non-hydrogen) atoms. The van der Waals surface area contributed by atoms with E-state index in [-0.39, 0.29) is 11.3 Å². The molecule has 0 saturated heterocycles. The van der Waals surface area contributed by atoms with Gasteiger partial charge < -0.3 is 9.84 Å². The van der Waals surface area contributed by atoms with E-state index in [9.17, 15) is 22.7 Å². The van der Waals surface area contributed by atoms with Gasteiger partial charge in [-0.25, -0.2) is 17.6 Å². The molecule has 2 aromatic rings. The molecule has 0 heterocycles. The maximum absolute atomic E-state index is 13.4. The van der Waals surface area contributed by atoms with E-state index >= 15 is 0 Å². The van der Waals surface area contributed by atoms with Gasteiger partial charge in [-0.3, -0.25) is 0 Å². The third kappa shape index (κ3) is 3.27. The summed E-state index contributed by atoms with van der Waals surface area (Å²) < 4.78 is 57.0. The molecule has 0 saturated carbocycles. The van der Waals surface area contributed by atoms with Gasteiger partial charge in [-0.2, -0.15) is 0 Å². The fourth-order valence-electron chi connectivity index (χ4n) is 1.62. The van der Waals surface area contributed by atoms with Crippen LogP contribution in [-0.4, -0.2) is 11.7 Å². The highest BCUT2D eigenvalue weighted by Gasteiger charge is 2.15. The standard InChI is InChI=1S/C14H10F4O2/c15-8-1-3-10(11(17)5-8)13(19)7-20-14-4-2-9(16)6-12(14)18/h1-6,13,19H,7H2. The van der Waals surface area contributed by atoms with E-state index in [0.29, 0.717) is 12.1 Å². The van der Waals surface area contributed by atoms with Crippen LogP contribution in [0.1, 0.15) is 11.7 Å². The summed E-state index contributed by atoms with van der Waals surface area (Å²) in [5.74, 6) is -3.67. The van der Waals surface area contributed by atoms with Gasteiger partial charge in [0.2, 0.25) is 0 Å². The molecule has 2 aromatic carbocycles. The fraction of sp³-hybridized carbons (Fsp3) is 0.143. The van der Waals surface area contributed by atoms with Crippen molar-refractivity contribution >= 4 is 0 Å². The summed E-state index contributed by atoms with van der Waals surface area (Å²) in [5.41, 5.74) is -0.172. The summed E-state index contributed by atoms with van der Waals surface area (Å²) in [6, 6.07) is 5.35. The Labute approximate surface area is 112 Å². The smallest absolute Gasteiger partial charge is 0.167 e. The monoisotopic (exact) mass is 286 g/mol. The largest absolute Gasteiger partial charge is 0.487 e. The maximum atomic E-state index is 13.4. The molecule has 1 unspecified atom stereocenters. The number of aliphatic hydroxyl groups is 1. The molecular weight excluding hydrogens is 276 g/mol. The third-order valence-electron chi connectivity index (χ3n) is 2.61. The first-order chi connectivity index (χ1) is 9.47. The lowest BCUT2D eigenvalue weighted by Crippen LogP contribution is -2.12. The average Bonchev–Trinajstić information content (AvgIpc) is 2.37. The van der Waals surface area contributed by atoms with Crippen molar-refractivity contribution in [2.45, 2.75) is 6.10 Å². The van der Waals surface area contributed by atoms with E-state index in [4.69, 9.17) is 4.74 Å². The summed E-state index contributed by atoms with van der Waals surface area (Å²) in [6.07, 6.45) is -1.40. The zero-order chi connectivity index (χ0) is 14.7. The average molecular weight is 286 g/mol. The van der Waals surface area contributed by atoms with Crippen LogP contribution in [0.15, 0.2) is 36.4 Å². The molecule has 0 spiro atoms. The van der Waals surface area contributed by atoms with Gasteiger partial charge in [-0.15, -0.1) is 0 Å². The Kier molecular flexibility index (Phi) is 4.24. The van der Waals surface area contributed by atoms with Crippen molar-refractivity contribution < 1.29 is 27.4 Å². The van der Waals surface area contributed by atoms with Crippen LogP contribution in [0.4, 0.5) is 17.6 Å². The predicted octanol–water partition coefficient (Wildman–Crippen LogP) is 3.36. The molecule has 0 radical (unpaired) electrons. The van der Waals surface area contributed by atoms with Crippen molar-refractivity contribution in [2.75, 3.05) is 6.61 Å². The van der Waals surface area contributed by atoms with Crippen LogP contribution in [0.25, 0.3) is 0 Å². The maximum Gasteiger partial charge on any atom is 0.167 e. The van der Waals surface area contributed by atoms with Crippen LogP contribution in [0.3, 0.4) is 0 Å². The van der Waals surface area contributed by atoms with Crippen molar-refractivity contribution in [3.63, 3.8) is 0 Å². The number of benzene rings is 2. The van der Waals surface area contributed by atoms with Crippen molar-refractivity contribution in [3.8, 4) is 5.75 Å². The molecule has 0 amide bonds. The minimum atomic E-state index is -1.40. The minimum absolute atomic E-state index is 0.172. The van der Waals surface area contributed by atoms with Gasteiger partial charge in [0.25, 0.3) is 0 Å². The predicted molar refractivity (Wildman–Crippen MR) is 63.2 cm³/mol. The van der Waals surface area contributed by atoms with Gasteiger partial charge in [0.1, 0.15) is 30.2 Å². The van der Waals surface area contributed by atoms with Gasteiger partial charge in [-0.05, 0) is 18.2 Å². The Bertz CT molecular complexity index is 616. The van der Waals surface area contributed by atoms with E-state index in [2.05, 4.69) is 0 Å². The Balaban J connectivity index is 2.06. The highest BCUT2D eigenvalue weighted by Crippen LogP contribution is 2.22. The van der Waals surface area contributed by atoms with Gasteiger partial charge >= 0.3 is 0 Å². The number of hydrogen-bond acceptors (Lipinski definition) is 2. The highest BCUT2D eigenvalue weighted by molar-refractivity contribution is 5.25. The van der Waals surface area contributed by atoms with E-state index in [1.54, 1.807) is 0 Å². The Hall–Kier alpha value is -2.08. The first kappa shape index (κ1) is 14.3. The molecule has 2 rings (SSSR count). The molecule has 6 heteroatoms. The quantitative estimate of drug-likeness (QED) is 0.873. The molecule has 0 aliphatic heterocycles. The third-order valence-corrected chi connectivity index (χ3v) is 2.61. The molecule has 106 valence electrons. The Morgan fingerprint density at radius 1 is 0.900 bits per heavy atom. The number of hydrogen-bond donors (Lipinski definition) is 1. The van der Waals surface area contributed by atoms with Gasteiger partial charge in [-0.1, -0.05) is 6.07 Å². The van der Waals surface area contributed by atoms with E-state index in [1.807, 2.05) is 0 Å². The van der Waals surface area contributed by atoms with Crippen LogP contribution in [0.2, 0.25) is 0 Å². The van der Waals surface area contributed by atoms with Crippen molar-refractivity contribution in [1.29, 1.82) is 0 Å². The topological polar surface area (TPSA) is 29.5 Å². The normalized spacial score (nSPS) is 12.2. The zero-order valence-electron chi connectivity index (χ0n) is 10.1. The van der Waals surface area contributed by atoms with Gasteiger partial charge in [0.05, 0.1) is 0 Å². The summed E-state index contributed by atoms with van der Waals surface area (Å²) >= 11 is 0. The van der Waals surface area contributed by atoms with Crippen LogP contribution in [-0.2, 0) is 0 Å². The Morgan fingerprint density at radius 3 is 2.10 bits per heavy atom. The van der Waals surface area contributed by atoms with Crippen molar-refractivity contribution in [1.82, 2.24) is 0 Å². The number of halogens is 4. The van der Waals surface area contributed by atoms with Crippen molar-refractivity contribution in [3.05, 3.63) is 65.2 Å². The van der Waals surface area contributed by atoms with Gasteiger partial charge in [0, 0.05) is 17.7 Å². The molecule has 0 aliphatic rings. The van der Waals surface area contributed by atoms with Crippen molar-refractivity contribution in [2.24, 2.45) is 0 Å². The zero-order valence-corrected chi connectivity index (χ0v) is 10.1. The highest BCUT2D eigenvalue weighted by atomic mass is 19.1. The van der Waals surface area contributed by atoms with E-state index in [1.165, 1.54) is 0 Å². The molecule has 1 atom stereocenters. The fourth-order valence-corrected chi connectivity index (χ4v) is 1.62. The number of rotatable bonds is 4. The van der Waals surface area contributed by atoms with Crippen LogP contribution in [0.5, 0.6) is 5.75 Å². The van der Waals surface area contributed by atoms with Gasteiger partial charge in [0.15, 0.2) is 11.6 Å². The molecular formula is C14H10F4O2. The summed E-state index contributed by atoms with van der Waals surface area (Å²) in [6.45, 7) is -0.453. The molecule has 0 fully saturated rings. The lowest BCUT2D eigenvalue weighted by molar-refractivity contribution is 0.102. The first-order valence-corrected chi connectivity index (χ1v) is 5.68. The summed E-state index contributed by atoms with van der Waals surface area (Å²) in [7, 11) is 0. The second-order valence-corrected chi connectivity index (χ2v) is 4.07. The second kappa shape index (κ2) is 5.92. The SMILES string of the molecule is OC(COc1ccc(F)cc1F)c1ccc(F)cc1F. The molecule has 0 aromatic heterocycles.